The smallest absolute Gasteiger partial charge is 0.276 e. The molecular weight excluding hydrogens is 292 g/mol. The second-order valence-electron chi connectivity index (χ2n) is 5.35. The Balaban J connectivity index is 2.08. The molecule has 0 amide bonds. The first kappa shape index (κ1) is 16.5. The molecule has 2 unspecified atom stereocenters. The van der Waals surface area contributed by atoms with Gasteiger partial charge < -0.3 is 14.5 Å². The van der Waals surface area contributed by atoms with Crippen LogP contribution in [0.1, 0.15) is 32.4 Å². The highest BCUT2D eigenvalue weighted by Gasteiger charge is 2.36. The van der Waals surface area contributed by atoms with Crippen LogP contribution in [-0.2, 0) is 21.3 Å². The predicted molar refractivity (Wildman–Crippen MR) is 79.5 cm³/mol. The third-order valence-electron chi connectivity index (χ3n) is 3.80. The summed E-state index contributed by atoms with van der Waals surface area (Å²) in [7, 11) is -2.02. The minimum Gasteiger partial charge on any atom is -0.447 e. The van der Waals surface area contributed by atoms with E-state index in [2.05, 4.69) is 12.2 Å². The van der Waals surface area contributed by atoms with E-state index in [0.29, 0.717) is 25.3 Å². The van der Waals surface area contributed by atoms with E-state index in [0.717, 1.165) is 13.0 Å². The largest absolute Gasteiger partial charge is 0.447 e. The molecule has 1 N–H and O–H groups in total. The Bertz CT molecular complexity index is 555. The number of furan rings is 1. The van der Waals surface area contributed by atoms with Gasteiger partial charge in [0.15, 0.2) is 0 Å². The van der Waals surface area contributed by atoms with Crippen molar-refractivity contribution in [1.82, 2.24) is 9.62 Å². The molecule has 1 fully saturated rings. The third-order valence-corrected chi connectivity index (χ3v) is 5.56. The molecule has 6 nitrogen and oxygen atoms in total. The summed E-state index contributed by atoms with van der Waals surface area (Å²) in [5.74, 6) is 0.631. The van der Waals surface area contributed by atoms with Crippen LogP contribution < -0.4 is 5.32 Å². The van der Waals surface area contributed by atoms with Gasteiger partial charge in [-0.25, -0.2) is 8.42 Å². The Morgan fingerprint density at radius 1 is 1.43 bits per heavy atom. The molecule has 1 aromatic heterocycles. The average Bonchev–Trinajstić information content (AvgIpc) is 3.07. The van der Waals surface area contributed by atoms with Crippen LogP contribution in [0.15, 0.2) is 21.6 Å². The van der Waals surface area contributed by atoms with E-state index in [-0.39, 0.29) is 17.2 Å². The summed E-state index contributed by atoms with van der Waals surface area (Å²) in [6.45, 7) is 5.97. The van der Waals surface area contributed by atoms with Gasteiger partial charge >= 0.3 is 0 Å². The highest BCUT2D eigenvalue weighted by Crippen LogP contribution is 2.25. The molecule has 0 aliphatic carbocycles. The Hall–Kier alpha value is -0.890. The van der Waals surface area contributed by atoms with Crippen LogP contribution in [0.25, 0.3) is 0 Å². The van der Waals surface area contributed by atoms with Crippen molar-refractivity contribution >= 4 is 10.0 Å². The number of nitrogens with one attached hydrogen (secondary N) is 1. The first-order chi connectivity index (χ1) is 9.96. The lowest BCUT2D eigenvalue weighted by molar-refractivity contribution is 0.102. The summed E-state index contributed by atoms with van der Waals surface area (Å²) in [6, 6.07) is 3.09. The summed E-state index contributed by atoms with van der Waals surface area (Å²) in [4.78, 5) is 0. The van der Waals surface area contributed by atoms with Crippen LogP contribution in [0, 0.1) is 0 Å². The first-order valence-electron chi connectivity index (χ1n) is 7.36. The van der Waals surface area contributed by atoms with Gasteiger partial charge in [-0.2, -0.15) is 4.31 Å². The summed E-state index contributed by atoms with van der Waals surface area (Å²) in [5, 5.41) is 3.18. The molecule has 0 bridgehead atoms. The van der Waals surface area contributed by atoms with Crippen molar-refractivity contribution in [2.45, 2.75) is 50.5 Å². The lowest BCUT2D eigenvalue weighted by Crippen LogP contribution is -2.40. The highest BCUT2D eigenvalue weighted by atomic mass is 32.2. The van der Waals surface area contributed by atoms with Gasteiger partial charge in [0.1, 0.15) is 5.76 Å². The van der Waals surface area contributed by atoms with Crippen LogP contribution in [0.3, 0.4) is 0 Å². The van der Waals surface area contributed by atoms with Gasteiger partial charge in [-0.1, -0.05) is 6.92 Å². The lowest BCUT2D eigenvalue weighted by atomic mass is 10.2. The number of sulfonamides is 1. The fraction of sp³-hybridized carbons (Fsp3) is 0.714. The Morgan fingerprint density at radius 3 is 2.81 bits per heavy atom. The quantitative estimate of drug-likeness (QED) is 0.773. The molecule has 0 radical (unpaired) electrons. The van der Waals surface area contributed by atoms with E-state index < -0.39 is 10.0 Å². The van der Waals surface area contributed by atoms with Crippen molar-refractivity contribution in [2.24, 2.45) is 0 Å². The lowest BCUT2D eigenvalue weighted by Gasteiger charge is -2.24. The zero-order chi connectivity index (χ0) is 15.5. The number of hydrogen-bond donors (Lipinski definition) is 1. The molecule has 2 heterocycles. The topological polar surface area (TPSA) is 71.8 Å². The normalized spacial score (nSPS) is 23.0. The highest BCUT2D eigenvalue weighted by molar-refractivity contribution is 7.89. The Labute approximate surface area is 126 Å². The zero-order valence-electron chi connectivity index (χ0n) is 12.8. The van der Waals surface area contributed by atoms with E-state index in [4.69, 9.17) is 9.15 Å². The number of ether oxygens (including phenoxy) is 1. The van der Waals surface area contributed by atoms with Gasteiger partial charge in [0.05, 0.1) is 18.7 Å². The van der Waals surface area contributed by atoms with Crippen molar-refractivity contribution in [1.29, 1.82) is 0 Å². The van der Waals surface area contributed by atoms with E-state index in [1.165, 1.54) is 10.4 Å². The SMILES string of the molecule is CCCNCc1ccc(S(=O)(=O)N(C)C2CCOC2C)o1. The maximum atomic E-state index is 12.6. The Kier molecular flexibility index (Phi) is 5.43. The molecule has 2 rings (SSSR count). The van der Waals surface area contributed by atoms with Gasteiger partial charge in [-0.05, 0) is 38.4 Å². The van der Waals surface area contributed by atoms with E-state index in [1.54, 1.807) is 13.1 Å². The molecule has 0 saturated carbocycles. The molecule has 21 heavy (non-hydrogen) atoms. The standard InChI is InChI=1S/C14H24N2O4S/c1-4-8-15-10-12-5-6-14(20-12)21(17,18)16(3)13-7-9-19-11(13)2/h5-6,11,13,15H,4,7-10H2,1-3H3. The predicted octanol–water partition coefficient (Wildman–Crippen LogP) is 1.58. The molecule has 2 atom stereocenters. The second kappa shape index (κ2) is 6.91. The maximum absolute atomic E-state index is 12.6. The van der Waals surface area contributed by atoms with Crippen LogP contribution in [0.2, 0.25) is 0 Å². The molecule has 1 aliphatic heterocycles. The molecular formula is C14H24N2O4S. The third kappa shape index (κ3) is 3.66. The average molecular weight is 316 g/mol. The van der Waals surface area contributed by atoms with Crippen molar-refractivity contribution in [2.75, 3.05) is 20.2 Å². The minimum absolute atomic E-state index is 0.00241. The molecule has 120 valence electrons. The summed E-state index contributed by atoms with van der Waals surface area (Å²) in [5.41, 5.74) is 0. The van der Waals surface area contributed by atoms with Crippen LogP contribution >= 0.6 is 0 Å². The van der Waals surface area contributed by atoms with E-state index in [1.807, 2.05) is 6.92 Å². The number of hydrogen-bond acceptors (Lipinski definition) is 5. The van der Waals surface area contributed by atoms with Gasteiger partial charge in [0.2, 0.25) is 5.09 Å². The van der Waals surface area contributed by atoms with Crippen molar-refractivity contribution < 1.29 is 17.6 Å². The maximum Gasteiger partial charge on any atom is 0.276 e. The molecule has 0 spiro atoms. The van der Waals surface area contributed by atoms with E-state index in [9.17, 15) is 8.42 Å². The molecule has 0 aromatic carbocycles. The van der Waals surface area contributed by atoms with Gasteiger partial charge in [-0.15, -0.1) is 0 Å². The summed E-state index contributed by atoms with van der Waals surface area (Å²) >= 11 is 0. The van der Waals surface area contributed by atoms with Crippen molar-refractivity contribution in [3.63, 3.8) is 0 Å². The van der Waals surface area contributed by atoms with Gasteiger partial charge in [-0.3, -0.25) is 0 Å². The van der Waals surface area contributed by atoms with Crippen LogP contribution in [0.5, 0.6) is 0 Å². The number of likely N-dealkylation sites (N-methyl/N-ethyl adjacent to an activating group) is 1. The van der Waals surface area contributed by atoms with E-state index >= 15 is 0 Å². The van der Waals surface area contributed by atoms with Crippen molar-refractivity contribution in [3.05, 3.63) is 17.9 Å². The van der Waals surface area contributed by atoms with Crippen LogP contribution in [-0.4, -0.2) is 45.1 Å². The van der Waals surface area contributed by atoms with Crippen LogP contribution in [0.4, 0.5) is 0 Å². The fourth-order valence-corrected chi connectivity index (χ4v) is 3.87. The van der Waals surface area contributed by atoms with Gasteiger partial charge in [0.25, 0.3) is 10.0 Å². The fourth-order valence-electron chi connectivity index (χ4n) is 2.50. The molecule has 7 heteroatoms. The van der Waals surface area contributed by atoms with Gasteiger partial charge in [0, 0.05) is 13.7 Å². The Morgan fingerprint density at radius 2 is 2.19 bits per heavy atom. The molecule has 1 aliphatic rings. The zero-order valence-corrected chi connectivity index (χ0v) is 13.6. The second-order valence-corrected chi connectivity index (χ2v) is 7.28. The first-order valence-corrected chi connectivity index (χ1v) is 8.80. The summed E-state index contributed by atoms with van der Waals surface area (Å²) < 4.78 is 37.4. The number of rotatable bonds is 7. The number of nitrogens with zero attached hydrogens (tertiary/aromatic N) is 1. The molecule has 1 saturated heterocycles. The monoisotopic (exact) mass is 316 g/mol. The summed E-state index contributed by atoms with van der Waals surface area (Å²) in [6.07, 6.45) is 1.64. The molecule has 1 aromatic rings. The minimum atomic E-state index is -3.61. The van der Waals surface area contributed by atoms with Crippen molar-refractivity contribution in [3.8, 4) is 0 Å².